The summed E-state index contributed by atoms with van der Waals surface area (Å²) >= 11 is 0. The number of benzene rings is 2. The molecule has 0 spiro atoms. The van der Waals surface area contributed by atoms with Crippen molar-refractivity contribution < 1.29 is 23.7 Å². The number of rotatable bonds is 12. The molecule has 44 heavy (non-hydrogen) atoms. The molecular weight excluding hydrogens is 558 g/mol. The summed E-state index contributed by atoms with van der Waals surface area (Å²) in [7, 11) is 3.71. The third-order valence-electron chi connectivity index (χ3n) is 8.48. The number of carbonyl (C=O) groups is 1. The van der Waals surface area contributed by atoms with Crippen LogP contribution in [0, 0.1) is 5.92 Å². The number of amides is 1. The fourth-order valence-corrected chi connectivity index (χ4v) is 6.45. The zero-order valence-corrected chi connectivity index (χ0v) is 25.8. The summed E-state index contributed by atoms with van der Waals surface area (Å²) in [5.74, 6) is 0.944. The van der Waals surface area contributed by atoms with Crippen LogP contribution in [-0.2, 0) is 32.0 Å². The second-order valence-electron chi connectivity index (χ2n) is 12.1. The first-order chi connectivity index (χ1) is 21.3. The molecular formula is C34H41N5O5. The van der Waals surface area contributed by atoms with Crippen LogP contribution < -0.4 is 15.0 Å². The lowest BCUT2D eigenvalue weighted by atomic mass is 10.1. The van der Waals surface area contributed by atoms with Crippen LogP contribution in [0.3, 0.4) is 0 Å². The first-order valence-corrected chi connectivity index (χ1v) is 15.2. The van der Waals surface area contributed by atoms with E-state index in [1.165, 1.54) is 5.56 Å². The second kappa shape index (κ2) is 12.9. The van der Waals surface area contributed by atoms with E-state index < -0.39 is 5.79 Å². The van der Waals surface area contributed by atoms with Crippen LogP contribution >= 0.6 is 0 Å². The van der Waals surface area contributed by atoms with Gasteiger partial charge in [-0.05, 0) is 56.0 Å². The Morgan fingerprint density at radius 2 is 1.82 bits per heavy atom. The molecule has 2 aliphatic rings. The van der Waals surface area contributed by atoms with Gasteiger partial charge in [-0.1, -0.05) is 42.5 Å². The minimum absolute atomic E-state index is 0.00205. The van der Waals surface area contributed by atoms with Crippen molar-refractivity contribution in [1.82, 2.24) is 19.9 Å². The average molecular weight is 600 g/mol. The van der Waals surface area contributed by atoms with Crippen LogP contribution in [0.2, 0.25) is 0 Å². The molecule has 6 rings (SSSR count). The Morgan fingerprint density at radius 3 is 2.59 bits per heavy atom. The predicted molar refractivity (Wildman–Crippen MR) is 168 cm³/mol. The molecule has 4 aromatic rings. The molecule has 1 amide bonds. The molecule has 0 radical (unpaired) electrons. The summed E-state index contributed by atoms with van der Waals surface area (Å²) in [4.78, 5) is 23.9. The molecule has 2 aromatic carbocycles. The second-order valence-corrected chi connectivity index (χ2v) is 12.1. The SMILES string of the molecule is COc1ccc(CN(C)c2ncnc3c2ccn3[C@@H]2C[C@H](COCC(=O)NCCc3ccccc3)[C@H]3OC(C)(C)O[C@H]32)cc1. The van der Waals surface area contributed by atoms with Crippen molar-refractivity contribution in [2.24, 2.45) is 5.92 Å². The van der Waals surface area contributed by atoms with Crippen molar-refractivity contribution in [3.05, 3.63) is 84.3 Å². The van der Waals surface area contributed by atoms with Gasteiger partial charge in [0.05, 0.1) is 31.2 Å². The molecule has 2 aromatic heterocycles. The van der Waals surface area contributed by atoms with Crippen molar-refractivity contribution in [1.29, 1.82) is 0 Å². The molecule has 10 heteroatoms. The Labute approximate surface area is 258 Å². The van der Waals surface area contributed by atoms with E-state index in [-0.39, 0.29) is 36.7 Å². The van der Waals surface area contributed by atoms with E-state index in [1.807, 2.05) is 51.2 Å². The summed E-state index contributed by atoms with van der Waals surface area (Å²) in [6, 6.07) is 20.3. The Bertz CT molecular complexity index is 1560. The minimum atomic E-state index is -0.706. The molecule has 10 nitrogen and oxygen atoms in total. The number of nitrogens with zero attached hydrogens (tertiary/aromatic N) is 4. The number of carbonyl (C=O) groups excluding carboxylic acids is 1. The number of fused-ring (bicyclic) bond motifs is 2. The standard InChI is InChI=1S/C34H41N5O5/c1-34(2)43-30-25(20-42-21-29(40)35-16-14-23-8-6-5-7-9-23)18-28(31(30)44-34)39-17-15-27-32(36-22-37-33(27)39)38(3)19-24-10-12-26(41-4)13-11-24/h5-13,15,17,22,25,28,30-31H,14,16,18-21H2,1-4H3,(H,35,40)/t25-,28-,30-,31+/m1/s1. The zero-order chi connectivity index (χ0) is 30.7. The van der Waals surface area contributed by atoms with Crippen LogP contribution in [-0.4, -0.2) is 72.4 Å². The van der Waals surface area contributed by atoms with Gasteiger partial charge in [-0.25, -0.2) is 9.97 Å². The Hall–Kier alpha value is -3.99. The monoisotopic (exact) mass is 599 g/mol. The first-order valence-electron chi connectivity index (χ1n) is 15.2. The molecule has 1 N–H and O–H groups in total. The molecule has 232 valence electrons. The van der Waals surface area contributed by atoms with E-state index in [0.717, 1.165) is 41.0 Å². The lowest BCUT2D eigenvalue weighted by Gasteiger charge is -2.24. The number of aromatic nitrogens is 3. The van der Waals surface area contributed by atoms with E-state index >= 15 is 0 Å². The highest BCUT2D eigenvalue weighted by Gasteiger charge is 2.54. The fraction of sp³-hybridized carbons (Fsp3) is 0.441. The fourth-order valence-electron chi connectivity index (χ4n) is 6.45. The van der Waals surface area contributed by atoms with E-state index in [1.54, 1.807) is 13.4 Å². The van der Waals surface area contributed by atoms with Crippen molar-refractivity contribution in [2.45, 2.75) is 57.3 Å². The van der Waals surface area contributed by atoms with Gasteiger partial charge < -0.3 is 33.7 Å². The Kier molecular flexibility index (Phi) is 8.83. The van der Waals surface area contributed by atoms with Crippen LogP contribution in [0.1, 0.15) is 37.4 Å². The summed E-state index contributed by atoms with van der Waals surface area (Å²) in [6.07, 6.45) is 4.96. The highest BCUT2D eigenvalue weighted by atomic mass is 16.8. The van der Waals surface area contributed by atoms with E-state index in [9.17, 15) is 4.79 Å². The van der Waals surface area contributed by atoms with Gasteiger partial charge in [0.1, 0.15) is 36.3 Å². The number of anilines is 1. The van der Waals surface area contributed by atoms with Gasteiger partial charge in [-0.15, -0.1) is 0 Å². The van der Waals surface area contributed by atoms with Crippen LogP contribution in [0.15, 0.2) is 73.2 Å². The largest absolute Gasteiger partial charge is 0.497 e. The average Bonchev–Trinajstić information content (AvgIpc) is 3.69. The number of nitrogens with one attached hydrogen (secondary N) is 1. The van der Waals surface area contributed by atoms with E-state index in [4.69, 9.17) is 23.9 Å². The molecule has 2 fully saturated rings. The first kappa shape index (κ1) is 30.1. The van der Waals surface area contributed by atoms with Crippen LogP contribution in [0.25, 0.3) is 11.0 Å². The van der Waals surface area contributed by atoms with Gasteiger partial charge >= 0.3 is 0 Å². The lowest BCUT2D eigenvalue weighted by Crippen LogP contribution is -2.32. The topological polar surface area (TPSA) is 100.0 Å². The number of ether oxygens (including phenoxy) is 4. The zero-order valence-electron chi connectivity index (χ0n) is 25.8. The smallest absolute Gasteiger partial charge is 0.246 e. The predicted octanol–water partition coefficient (Wildman–Crippen LogP) is 4.53. The number of hydrogen-bond donors (Lipinski definition) is 1. The summed E-state index contributed by atoms with van der Waals surface area (Å²) < 4.78 is 26.2. The molecule has 0 bridgehead atoms. The van der Waals surface area contributed by atoms with Crippen molar-refractivity contribution in [3.8, 4) is 5.75 Å². The van der Waals surface area contributed by atoms with Gasteiger partial charge in [0.15, 0.2) is 5.79 Å². The van der Waals surface area contributed by atoms with Gasteiger partial charge in [-0.3, -0.25) is 4.79 Å². The van der Waals surface area contributed by atoms with Crippen molar-refractivity contribution >= 4 is 22.8 Å². The Morgan fingerprint density at radius 1 is 1.05 bits per heavy atom. The summed E-state index contributed by atoms with van der Waals surface area (Å²) in [5, 5.41) is 3.93. The summed E-state index contributed by atoms with van der Waals surface area (Å²) in [5.41, 5.74) is 3.20. The van der Waals surface area contributed by atoms with Gasteiger partial charge in [0.25, 0.3) is 0 Å². The van der Waals surface area contributed by atoms with Crippen LogP contribution in [0.4, 0.5) is 5.82 Å². The Balaban J connectivity index is 1.11. The minimum Gasteiger partial charge on any atom is -0.497 e. The molecule has 4 atom stereocenters. The molecule has 1 aliphatic heterocycles. The maximum atomic E-state index is 12.4. The molecule has 3 heterocycles. The third-order valence-corrected chi connectivity index (χ3v) is 8.48. The molecule has 1 aliphatic carbocycles. The third kappa shape index (κ3) is 6.57. The van der Waals surface area contributed by atoms with E-state index in [0.29, 0.717) is 19.7 Å². The molecule has 0 unspecified atom stereocenters. The number of methoxy groups -OCH3 is 1. The van der Waals surface area contributed by atoms with Crippen molar-refractivity contribution in [3.63, 3.8) is 0 Å². The summed E-state index contributed by atoms with van der Waals surface area (Å²) in [6.45, 7) is 5.59. The molecule has 1 saturated heterocycles. The maximum absolute atomic E-state index is 12.4. The quantitative estimate of drug-likeness (QED) is 0.254. The van der Waals surface area contributed by atoms with Gasteiger partial charge in [0.2, 0.25) is 5.91 Å². The lowest BCUT2D eigenvalue weighted by molar-refractivity contribution is -0.163. The highest BCUT2D eigenvalue weighted by Crippen LogP contribution is 2.48. The normalized spacial score (nSPS) is 22.2. The molecule has 1 saturated carbocycles. The maximum Gasteiger partial charge on any atom is 0.246 e. The number of hydrogen-bond acceptors (Lipinski definition) is 8. The van der Waals surface area contributed by atoms with Gasteiger partial charge in [0, 0.05) is 32.3 Å². The van der Waals surface area contributed by atoms with Gasteiger partial charge in [-0.2, -0.15) is 0 Å². The highest BCUT2D eigenvalue weighted by molar-refractivity contribution is 5.88. The van der Waals surface area contributed by atoms with Crippen LogP contribution in [0.5, 0.6) is 5.75 Å². The van der Waals surface area contributed by atoms with E-state index in [2.05, 4.69) is 56.3 Å². The van der Waals surface area contributed by atoms with Crippen molar-refractivity contribution in [2.75, 3.05) is 38.8 Å².